The fourth-order valence-corrected chi connectivity index (χ4v) is 5.00. The molecule has 0 fully saturated rings. The molecule has 1 aliphatic rings. The summed E-state index contributed by atoms with van der Waals surface area (Å²) >= 11 is 0. The number of ketones is 1. The van der Waals surface area contributed by atoms with Gasteiger partial charge < -0.3 is 9.47 Å². The van der Waals surface area contributed by atoms with Crippen molar-refractivity contribution in [3.05, 3.63) is 107 Å². The van der Waals surface area contributed by atoms with Crippen LogP contribution in [-0.4, -0.2) is 50.9 Å². The Morgan fingerprint density at radius 2 is 1.43 bits per heavy atom. The largest absolute Gasteiger partial charge is 0.443 e. The highest BCUT2D eigenvalue weighted by Crippen LogP contribution is 2.44. The number of nitrogens with one attached hydrogen (secondary N) is 1. The second-order valence-corrected chi connectivity index (χ2v) is 12.5. The fourth-order valence-electron chi connectivity index (χ4n) is 5.00. The Balaban J connectivity index is 2.09. The molecule has 0 aliphatic carbocycles. The average Bonchev–Trinajstić information content (AvgIpc) is 2.94. The summed E-state index contributed by atoms with van der Waals surface area (Å²) in [6, 6.07) is 21.4. The standard InChI is InChI=1S/C34H37N3O7/c1-22(38)24-16-13-17-25(20-24)34(37(31(42)44-33(5,6)7)35-30(41)43-32(2,3)4)27-19-12-11-18-26(27)28(39)36(29(34)40)21-23-14-9-8-10-15-23/h8-20H,21H2,1-7H3,(H,35,41). The lowest BCUT2D eigenvalue weighted by Gasteiger charge is -2.47. The number of imide groups is 1. The molecular formula is C34H37N3O7. The van der Waals surface area contributed by atoms with Crippen molar-refractivity contribution in [2.24, 2.45) is 0 Å². The summed E-state index contributed by atoms with van der Waals surface area (Å²) in [5.41, 5.74) is -0.452. The van der Waals surface area contributed by atoms with E-state index in [4.69, 9.17) is 9.47 Å². The molecule has 230 valence electrons. The third-order valence-corrected chi connectivity index (χ3v) is 6.73. The third-order valence-electron chi connectivity index (χ3n) is 6.73. The molecule has 0 aromatic heterocycles. The first-order valence-corrected chi connectivity index (χ1v) is 14.2. The molecule has 0 bridgehead atoms. The molecule has 0 spiro atoms. The summed E-state index contributed by atoms with van der Waals surface area (Å²) < 4.78 is 11.2. The zero-order valence-electron chi connectivity index (χ0n) is 26.0. The Morgan fingerprint density at radius 3 is 2.05 bits per heavy atom. The van der Waals surface area contributed by atoms with Gasteiger partial charge >= 0.3 is 12.2 Å². The number of carbonyl (C=O) groups is 5. The number of hydrogen-bond acceptors (Lipinski definition) is 7. The summed E-state index contributed by atoms with van der Waals surface area (Å²) in [5.74, 6) is -1.72. The second-order valence-electron chi connectivity index (χ2n) is 12.5. The predicted molar refractivity (Wildman–Crippen MR) is 162 cm³/mol. The highest BCUT2D eigenvalue weighted by Gasteiger charge is 2.59. The smallest absolute Gasteiger partial charge is 0.431 e. The number of Topliss-reactive ketones (excluding diaryl/α,β-unsaturated/α-hetero) is 1. The molecule has 0 saturated heterocycles. The highest BCUT2D eigenvalue weighted by molar-refractivity contribution is 6.15. The maximum Gasteiger partial charge on any atom is 0.431 e. The van der Waals surface area contributed by atoms with Crippen molar-refractivity contribution in [2.45, 2.75) is 71.8 Å². The van der Waals surface area contributed by atoms with Gasteiger partial charge in [0.2, 0.25) is 0 Å². The Hall–Kier alpha value is -4.99. The van der Waals surface area contributed by atoms with Gasteiger partial charge in [0.1, 0.15) is 11.2 Å². The number of fused-ring (bicyclic) bond motifs is 1. The zero-order chi connectivity index (χ0) is 32.4. The van der Waals surface area contributed by atoms with Crippen LogP contribution in [0.4, 0.5) is 9.59 Å². The topological polar surface area (TPSA) is 122 Å². The third kappa shape index (κ3) is 6.49. The number of rotatable bonds is 5. The number of amides is 4. The van der Waals surface area contributed by atoms with Gasteiger partial charge in [-0.2, -0.15) is 5.01 Å². The molecule has 1 atom stereocenters. The Labute approximate surface area is 256 Å². The lowest BCUT2D eigenvalue weighted by Crippen LogP contribution is -2.68. The number of hydrazine groups is 1. The molecule has 1 unspecified atom stereocenters. The van der Waals surface area contributed by atoms with Gasteiger partial charge in [0.25, 0.3) is 11.8 Å². The van der Waals surface area contributed by atoms with E-state index in [1.165, 1.54) is 13.0 Å². The molecule has 1 N–H and O–H groups in total. The van der Waals surface area contributed by atoms with Crippen LogP contribution >= 0.6 is 0 Å². The number of ether oxygens (including phenoxy) is 2. The second kappa shape index (κ2) is 11.9. The summed E-state index contributed by atoms with van der Waals surface area (Å²) in [6.07, 6.45) is -2.13. The number of carbonyl (C=O) groups excluding carboxylic acids is 5. The molecule has 10 nitrogen and oxygen atoms in total. The molecule has 0 radical (unpaired) electrons. The van der Waals surface area contributed by atoms with Crippen LogP contribution in [-0.2, 0) is 26.4 Å². The van der Waals surface area contributed by atoms with Gasteiger partial charge in [0.15, 0.2) is 11.3 Å². The van der Waals surface area contributed by atoms with Crippen molar-refractivity contribution < 1.29 is 33.4 Å². The molecule has 44 heavy (non-hydrogen) atoms. The zero-order valence-corrected chi connectivity index (χ0v) is 26.0. The van der Waals surface area contributed by atoms with E-state index in [9.17, 15) is 19.2 Å². The summed E-state index contributed by atoms with van der Waals surface area (Å²) in [7, 11) is 0. The van der Waals surface area contributed by atoms with Crippen LogP contribution in [0.25, 0.3) is 0 Å². The molecule has 1 aliphatic heterocycles. The van der Waals surface area contributed by atoms with Crippen LogP contribution in [0.15, 0.2) is 78.9 Å². The molecule has 10 heteroatoms. The van der Waals surface area contributed by atoms with Crippen LogP contribution < -0.4 is 5.43 Å². The minimum atomic E-state index is -2.20. The van der Waals surface area contributed by atoms with Crippen molar-refractivity contribution in [2.75, 3.05) is 0 Å². The van der Waals surface area contributed by atoms with Gasteiger partial charge in [0, 0.05) is 16.7 Å². The average molecular weight is 600 g/mol. The SMILES string of the molecule is CC(=O)c1cccc(C2(N(NC(=O)OC(C)(C)C)C(=O)OC(C)(C)C)C(=O)N(Cc3ccccc3)C(=O)c3ccccc32)c1. The minimum Gasteiger partial charge on any atom is -0.443 e. The first kappa shape index (κ1) is 31.9. The maximum absolute atomic E-state index is 15.1. The minimum absolute atomic E-state index is 0.113. The predicted octanol–water partition coefficient (Wildman–Crippen LogP) is 5.99. The van der Waals surface area contributed by atoms with E-state index in [1.54, 1.807) is 108 Å². The van der Waals surface area contributed by atoms with Gasteiger partial charge in [0.05, 0.1) is 6.54 Å². The molecule has 3 aromatic carbocycles. The van der Waals surface area contributed by atoms with E-state index in [2.05, 4.69) is 5.43 Å². The molecule has 4 amide bonds. The van der Waals surface area contributed by atoms with Crippen molar-refractivity contribution in [1.29, 1.82) is 0 Å². The maximum atomic E-state index is 15.1. The lowest BCUT2D eigenvalue weighted by atomic mass is 9.75. The van der Waals surface area contributed by atoms with Crippen molar-refractivity contribution in [3.8, 4) is 0 Å². The van der Waals surface area contributed by atoms with Crippen LogP contribution in [0.2, 0.25) is 0 Å². The van der Waals surface area contributed by atoms with Gasteiger partial charge in [-0.05, 0) is 71.7 Å². The first-order valence-electron chi connectivity index (χ1n) is 14.2. The molecular weight excluding hydrogens is 562 g/mol. The Bertz CT molecular complexity index is 1600. The van der Waals surface area contributed by atoms with E-state index in [1.807, 2.05) is 6.07 Å². The Morgan fingerprint density at radius 1 is 0.818 bits per heavy atom. The molecule has 3 aromatic rings. The van der Waals surface area contributed by atoms with E-state index in [0.29, 0.717) is 5.56 Å². The monoisotopic (exact) mass is 599 g/mol. The van der Waals surface area contributed by atoms with E-state index < -0.39 is 40.7 Å². The van der Waals surface area contributed by atoms with E-state index >= 15 is 4.79 Å². The van der Waals surface area contributed by atoms with Crippen molar-refractivity contribution >= 4 is 29.8 Å². The first-order chi connectivity index (χ1) is 20.5. The summed E-state index contributed by atoms with van der Waals surface area (Å²) in [4.78, 5) is 70.1. The van der Waals surface area contributed by atoms with Crippen molar-refractivity contribution in [1.82, 2.24) is 15.3 Å². The van der Waals surface area contributed by atoms with Crippen molar-refractivity contribution in [3.63, 3.8) is 0 Å². The van der Waals surface area contributed by atoms with E-state index in [0.717, 1.165) is 9.91 Å². The van der Waals surface area contributed by atoms with Gasteiger partial charge in [-0.15, -0.1) is 0 Å². The van der Waals surface area contributed by atoms with Crippen LogP contribution in [0, 0.1) is 0 Å². The number of hydrogen-bond donors (Lipinski definition) is 1. The molecule has 1 heterocycles. The normalized spacial score (nSPS) is 16.6. The van der Waals surface area contributed by atoms with Crippen LogP contribution in [0.3, 0.4) is 0 Å². The van der Waals surface area contributed by atoms with Crippen LogP contribution in [0.1, 0.15) is 85.9 Å². The summed E-state index contributed by atoms with van der Waals surface area (Å²) in [5, 5.41) is 0.775. The number of benzene rings is 3. The Kier molecular flexibility index (Phi) is 8.67. The number of nitrogens with zero attached hydrogens (tertiary/aromatic N) is 2. The highest BCUT2D eigenvalue weighted by atomic mass is 16.6. The molecule has 0 saturated carbocycles. The van der Waals surface area contributed by atoms with Gasteiger partial charge in [-0.25, -0.2) is 15.0 Å². The lowest BCUT2D eigenvalue weighted by molar-refractivity contribution is -0.143. The molecule has 4 rings (SSSR count). The van der Waals surface area contributed by atoms with Gasteiger partial charge in [-0.3, -0.25) is 19.3 Å². The fraction of sp³-hybridized carbons (Fsp3) is 0.324. The van der Waals surface area contributed by atoms with Crippen LogP contribution in [0.5, 0.6) is 0 Å². The van der Waals surface area contributed by atoms with E-state index in [-0.39, 0.29) is 34.6 Å². The van der Waals surface area contributed by atoms with Gasteiger partial charge in [-0.1, -0.05) is 66.7 Å². The summed E-state index contributed by atoms with van der Waals surface area (Å²) in [6.45, 7) is 11.1. The quantitative estimate of drug-likeness (QED) is 0.217.